The highest BCUT2D eigenvalue weighted by Gasteiger charge is 2.22. The van der Waals surface area contributed by atoms with E-state index in [9.17, 15) is 9.59 Å². The molecule has 0 fully saturated rings. The van der Waals surface area contributed by atoms with Crippen molar-refractivity contribution in [3.8, 4) is 0 Å². The van der Waals surface area contributed by atoms with Gasteiger partial charge in [0.05, 0.1) is 17.9 Å². The fourth-order valence-corrected chi connectivity index (χ4v) is 3.55. The van der Waals surface area contributed by atoms with E-state index in [4.69, 9.17) is 16.3 Å². The Morgan fingerprint density at radius 1 is 1.13 bits per heavy atom. The van der Waals surface area contributed by atoms with Crippen molar-refractivity contribution in [2.75, 3.05) is 0 Å². The zero-order valence-electron chi connectivity index (χ0n) is 16.5. The highest BCUT2D eigenvalue weighted by Crippen LogP contribution is 2.22. The number of carbonyl (C=O) groups is 1. The van der Waals surface area contributed by atoms with Crippen molar-refractivity contribution in [3.05, 3.63) is 98.3 Å². The predicted octanol–water partition coefficient (Wildman–Crippen LogP) is 3.57. The molecule has 152 valence electrons. The number of hydrogen-bond acceptors (Lipinski definition) is 5. The molecule has 3 heterocycles. The maximum absolute atomic E-state index is 12.7. The van der Waals surface area contributed by atoms with Crippen molar-refractivity contribution < 1.29 is 9.53 Å². The molecule has 0 atom stereocenters. The van der Waals surface area contributed by atoms with Crippen LogP contribution in [0.5, 0.6) is 0 Å². The first kappa shape index (κ1) is 19.8. The molecule has 0 radical (unpaired) electrons. The third-order valence-corrected chi connectivity index (χ3v) is 5.12. The van der Waals surface area contributed by atoms with Crippen molar-refractivity contribution in [2.24, 2.45) is 0 Å². The van der Waals surface area contributed by atoms with Gasteiger partial charge >= 0.3 is 5.97 Å². The van der Waals surface area contributed by atoms with Crippen LogP contribution in [0.25, 0.3) is 5.65 Å². The lowest BCUT2D eigenvalue weighted by Gasteiger charge is -2.07. The van der Waals surface area contributed by atoms with E-state index in [1.165, 1.54) is 10.5 Å². The van der Waals surface area contributed by atoms with E-state index in [2.05, 4.69) is 10.1 Å². The SMILES string of the molecule is Cc1nn(Cc2ccccc2)c(Cl)c1C(=O)OCc1cc(=O)n2cccc(C)c2n1. The Kier molecular flexibility index (Phi) is 5.37. The van der Waals surface area contributed by atoms with Gasteiger partial charge in [0, 0.05) is 12.3 Å². The van der Waals surface area contributed by atoms with Gasteiger partial charge in [0.1, 0.15) is 23.0 Å². The van der Waals surface area contributed by atoms with E-state index in [0.717, 1.165) is 11.1 Å². The number of carbonyl (C=O) groups excluding carboxylic acids is 1. The van der Waals surface area contributed by atoms with Crippen LogP contribution < -0.4 is 5.56 Å². The summed E-state index contributed by atoms with van der Waals surface area (Å²) < 4.78 is 8.41. The number of esters is 1. The van der Waals surface area contributed by atoms with E-state index >= 15 is 0 Å². The van der Waals surface area contributed by atoms with Crippen molar-refractivity contribution in [2.45, 2.75) is 27.0 Å². The molecule has 3 aromatic heterocycles. The normalized spacial score (nSPS) is 11.0. The Balaban J connectivity index is 1.54. The average molecular weight is 423 g/mol. The molecule has 0 amide bonds. The molecule has 0 N–H and O–H groups in total. The Bertz CT molecular complexity index is 1300. The van der Waals surface area contributed by atoms with Crippen LogP contribution in [-0.2, 0) is 17.9 Å². The highest BCUT2D eigenvalue weighted by molar-refractivity contribution is 6.32. The lowest BCUT2D eigenvalue weighted by molar-refractivity contribution is 0.0467. The maximum Gasteiger partial charge on any atom is 0.343 e. The number of benzene rings is 1. The van der Waals surface area contributed by atoms with Crippen molar-refractivity contribution in [3.63, 3.8) is 0 Å². The van der Waals surface area contributed by atoms with Crippen LogP contribution in [0, 0.1) is 13.8 Å². The molecule has 0 saturated carbocycles. The second-order valence-electron chi connectivity index (χ2n) is 6.94. The van der Waals surface area contributed by atoms with Gasteiger partial charge in [0.25, 0.3) is 5.56 Å². The van der Waals surface area contributed by atoms with E-state index in [1.54, 1.807) is 23.9 Å². The molecule has 0 aliphatic carbocycles. The maximum atomic E-state index is 12.7. The summed E-state index contributed by atoms with van der Waals surface area (Å²) >= 11 is 6.41. The van der Waals surface area contributed by atoms with Crippen molar-refractivity contribution in [1.29, 1.82) is 0 Å². The Labute approximate surface area is 177 Å². The Morgan fingerprint density at radius 2 is 1.90 bits per heavy atom. The third kappa shape index (κ3) is 3.84. The number of aromatic nitrogens is 4. The minimum Gasteiger partial charge on any atom is -0.455 e. The molecular formula is C22H19ClN4O3. The summed E-state index contributed by atoms with van der Waals surface area (Å²) in [5, 5.41) is 4.57. The van der Waals surface area contributed by atoms with Gasteiger partial charge in [0.2, 0.25) is 0 Å². The minimum atomic E-state index is -0.608. The molecule has 4 rings (SSSR count). The molecule has 8 heteroatoms. The molecule has 4 aromatic rings. The van der Waals surface area contributed by atoms with E-state index in [0.29, 0.717) is 23.6 Å². The zero-order chi connectivity index (χ0) is 21.3. The average Bonchev–Trinajstić information content (AvgIpc) is 3.01. The highest BCUT2D eigenvalue weighted by atomic mass is 35.5. The molecule has 0 aliphatic heterocycles. The predicted molar refractivity (Wildman–Crippen MR) is 113 cm³/mol. The number of pyridine rings is 1. The second kappa shape index (κ2) is 8.12. The molecule has 0 bridgehead atoms. The third-order valence-electron chi connectivity index (χ3n) is 4.74. The summed E-state index contributed by atoms with van der Waals surface area (Å²) in [5.74, 6) is -0.608. The number of halogens is 1. The van der Waals surface area contributed by atoms with Crippen molar-refractivity contribution in [1.82, 2.24) is 19.2 Å². The second-order valence-corrected chi connectivity index (χ2v) is 7.30. The van der Waals surface area contributed by atoms with Gasteiger partial charge in [-0.3, -0.25) is 9.20 Å². The summed E-state index contributed by atoms with van der Waals surface area (Å²) in [6.07, 6.45) is 1.65. The number of rotatable bonds is 5. The minimum absolute atomic E-state index is 0.140. The van der Waals surface area contributed by atoms with E-state index in [1.807, 2.05) is 43.3 Å². The monoisotopic (exact) mass is 422 g/mol. The van der Waals surface area contributed by atoms with Gasteiger partial charge in [-0.05, 0) is 31.0 Å². The largest absolute Gasteiger partial charge is 0.455 e. The number of ether oxygens (including phenoxy) is 1. The number of hydrogen-bond donors (Lipinski definition) is 0. The van der Waals surface area contributed by atoms with Crippen LogP contribution in [-0.4, -0.2) is 25.1 Å². The first-order valence-corrected chi connectivity index (χ1v) is 9.73. The fourth-order valence-electron chi connectivity index (χ4n) is 3.24. The van der Waals surface area contributed by atoms with Crippen LogP contribution in [0.1, 0.15) is 32.9 Å². The van der Waals surface area contributed by atoms with Crippen LogP contribution in [0.3, 0.4) is 0 Å². The summed E-state index contributed by atoms with van der Waals surface area (Å²) in [4.78, 5) is 29.4. The zero-order valence-corrected chi connectivity index (χ0v) is 17.3. The van der Waals surface area contributed by atoms with Gasteiger partial charge in [0.15, 0.2) is 0 Å². The molecule has 0 saturated heterocycles. The number of aryl methyl sites for hydroxylation is 2. The molecule has 7 nitrogen and oxygen atoms in total. The van der Waals surface area contributed by atoms with Crippen LogP contribution in [0.15, 0.2) is 59.5 Å². The molecule has 30 heavy (non-hydrogen) atoms. The van der Waals surface area contributed by atoms with E-state index < -0.39 is 5.97 Å². The lowest BCUT2D eigenvalue weighted by Crippen LogP contribution is -2.17. The Morgan fingerprint density at radius 3 is 2.67 bits per heavy atom. The standard InChI is InChI=1S/C22H19ClN4O3/c1-14-7-6-10-26-18(28)11-17(24-21(14)26)13-30-22(29)19-15(2)25-27(20(19)23)12-16-8-4-3-5-9-16/h3-11H,12-13H2,1-2H3. The van der Waals surface area contributed by atoms with Gasteiger partial charge in [-0.2, -0.15) is 5.10 Å². The van der Waals surface area contributed by atoms with Crippen LogP contribution in [0.2, 0.25) is 5.15 Å². The fraction of sp³-hybridized carbons (Fsp3) is 0.182. The number of fused-ring (bicyclic) bond motifs is 1. The molecule has 0 unspecified atom stereocenters. The smallest absolute Gasteiger partial charge is 0.343 e. The van der Waals surface area contributed by atoms with Gasteiger partial charge in [-0.15, -0.1) is 0 Å². The van der Waals surface area contributed by atoms with Gasteiger partial charge < -0.3 is 4.74 Å². The van der Waals surface area contributed by atoms with E-state index in [-0.39, 0.29) is 22.9 Å². The first-order chi connectivity index (χ1) is 14.4. The van der Waals surface area contributed by atoms with Crippen molar-refractivity contribution >= 4 is 23.2 Å². The van der Waals surface area contributed by atoms with Gasteiger partial charge in [-0.25, -0.2) is 14.5 Å². The first-order valence-electron chi connectivity index (χ1n) is 9.36. The Hall–Kier alpha value is -3.45. The summed E-state index contributed by atoms with van der Waals surface area (Å²) in [6, 6.07) is 14.7. The quantitative estimate of drug-likeness (QED) is 0.459. The summed E-state index contributed by atoms with van der Waals surface area (Å²) in [7, 11) is 0. The summed E-state index contributed by atoms with van der Waals surface area (Å²) in [5.41, 5.74) is 3.21. The van der Waals surface area contributed by atoms with Crippen LogP contribution >= 0.6 is 11.6 Å². The van der Waals surface area contributed by atoms with Crippen LogP contribution in [0.4, 0.5) is 0 Å². The molecule has 0 aliphatic rings. The number of nitrogens with zero attached hydrogens (tertiary/aromatic N) is 4. The molecule has 1 aromatic carbocycles. The summed E-state index contributed by atoms with van der Waals surface area (Å²) in [6.45, 7) is 3.87. The van der Waals surface area contributed by atoms with Gasteiger partial charge in [-0.1, -0.05) is 48.0 Å². The molecule has 0 spiro atoms. The lowest BCUT2D eigenvalue weighted by atomic mass is 10.2. The molecular weight excluding hydrogens is 404 g/mol. The topological polar surface area (TPSA) is 78.5 Å².